The first-order chi connectivity index (χ1) is 12.9. The van der Waals surface area contributed by atoms with Gasteiger partial charge in [0.15, 0.2) is 18.1 Å². The molecule has 0 saturated heterocycles. The largest absolute Gasteiger partial charge is 0.483 e. The topological polar surface area (TPSA) is 73.9 Å². The van der Waals surface area contributed by atoms with Crippen molar-refractivity contribution in [3.63, 3.8) is 0 Å². The van der Waals surface area contributed by atoms with Crippen molar-refractivity contribution in [1.82, 2.24) is 5.32 Å². The molecule has 1 amide bonds. The zero-order chi connectivity index (χ0) is 19.4. The van der Waals surface area contributed by atoms with Crippen LogP contribution >= 0.6 is 0 Å². The van der Waals surface area contributed by atoms with Crippen LogP contribution in [0.4, 0.5) is 0 Å². The molecule has 0 aromatic heterocycles. The lowest BCUT2D eigenvalue weighted by Gasteiger charge is -2.18. The van der Waals surface area contributed by atoms with Gasteiger partial charge in [-0.05, 0) is 37.6 Å². The molecule has 2 aromatic rings. The summed E-state index contributed by atoms with van der Waals surface area (Å²) in [4.78, 5) is 23.5. The molecule has 2 aromatic carbocycles. The Morgan fingerprint density at radius 3 is 2.59 bits per heavy atom. The number of carbonyl (C=O) groups is 2. The standard InChI is InChI=1S/C21H23NO5/c1-21(2)11-16-5-4-6-17(19(16)27-21)26-13-18(23)22-12-14-7-9-15(10-8-14)20(24)25-3/h4-10H,11-13H2,1-3H3,(H,22,23). The number of nitrogens with one attached hydrogen (secondary N) is 1. The third-order valence-electron chi connectivity index (χ3n) is 4.28. The molecule has 0 unspecified atom stereocenters. The number of ether oxygens (including phenoxy) is 3. The molecule has 6 nitrogen and oxygen atoms in total. The molecule has 0 bridgehead atoms. The highest BCUT2D eigenvalue weighted by Crippen LogP contribution is 2.41. The predicted molar refractivity (Wildman–Crippen MR) is 100.0 cm³/mol. The summed E-state index contributed by atoms with van der Waals surface area (Å²) >= 11 is 0. The van der Waals surface area contributed by atoms with Gasteiger partial charge in [-0.25, -0.2) is 4.79 Å². The van der Waals surface area contributed by atoms with Crippen LogP contribution in [0.15, 0.2) is 42.5 Å². The van der Waals surface area contributed by atoms with Crippen LogP contribution in [-0.4, -0.2) is 31.2 Å². The van der Waals surface area contributed by atoms with Crippen LogP contribution in [0.1, 0.15) is 35.3 Å². The molecule has 27 heavy (non-hydrogen) atoms. The number of rotatable bonds is 6. The average molecular weight is 369 g/mol. The minimum atomic E-state index is -0.389. The van der Waals surface area contributed by atoms with Crippen molar-refractivity contribution < 1.29 is 23.8 Å². The molecule has 1 aliphatic heterocycles. The third kappa shape index (κ3) is 4.58. The van der Waals surface area contributed by atoms with Gasteiger partial charge in [0.25, 0.3) is 5.91 Å². The van der Waals surface area contributed by atoms with Gasteiger partial charge >= 0.3 is 5.97 Å². The summed E-state index contributed by atoms with van der Waals surface area (Å²) in [5.41, 5.74) is 2.17. The summed E-state index contributed by atoms with van der Waals surface area (Å²) in [7, 11) is 1.34. The zero-order valence-corrected chi connectivity index (χ0v) is 15.7. The SMILES string of the molecule is COC(=O)c1ccc(CNC(=O)COc2cccc3c2OC(C)(C)C3)cc1. The van der Waals surface area contributed by atoms with Gasteiger partial charge in [0.05, 0.1) is 12.7 Å². The molecule has 1 heterocycles. The Labute approximate surface area is 158 Å². The Morgan fingerprint density at radius 1 is 1.15 bits per heavy atom. The van der Waals surface area contributed by atoms with E-state index in [4.69, 9.17) is 9.47 Å². The fourth-order valence-corrected chi connectivity index (χ4v) is 2.97. The number of hydrogen-bond acceptors (Lipinski definition) is 5. The van der Waals surface area contributed by atoms with Crippen LogP contribution in [0.25, 0.3) is 0 Å². The molecule has 6 heteroatoms. The van der Waals surface area contributed by atoms with Gasteiger partial charge in [0.2, 0.25) is 0 Å². The van der Waals surface area contributed by atoms with E-state index in [1.807, 2.05) is 26.0 Å². The van der Waals surface area contributed by atoms with Crippen LogP contribution in [0.5, 0.6) is 11.5 Å². The second-order valence-corrected chi connectivity index (χ2v) is 7.04. The molecule has 1 N–H and O–H groups in total. The van der Waals surface area contributed by atoms with Gasteiger partial charge in [-0.2, -0.15) is 0 Å². The van der Waals surface area contributed by atoms with E-state index in [2.05, 4.69) is 10.1 Å². The lowest BCUT2D eigenvalue weighted by molar-refractivity contribution is -0.123. The number of amides is 1. The summed E-state index contributed by atoms with van der Waals surface area (Å²) in [5, 5.41) is 2.79. The number of hydrogen-bond donors (Lipinski definition) is 1. The second kappa shape index (κ2) is 7.70. The number of para-hydroxylation sites is 1. The lowest BCUT2D eigenvalue weighted by Crippen LogP contribution is -2.28. The van der Waals surface area contributed by atoms with Crippen LogP contribution in [-0.2, 0) is 22.5 Å². The average Bonchev–Trinajstić information content (AvgIpc) is 2.98. The Kier molecular flexibility index (Phi) is 5.35. The van der Waals surface area contributed by atoms with Crippen LogP contribution in [0, 0.1) is 0 Å². The van der Waals surface area contributed by atoms with Crippen LogP contribution < -0.4 is 14.8 Å². The molecule has 0 fully saturated rings. The van der Waals surface area contributed by atoms with E-state index in [1.54, 1.807) is 30.3 Å². The number of fused-ring (bicyclic) bond motifs is 1. The first-order valence-electron chi connectivity index (χ1n) is 8.75. The first kappa shape index (κ1) is 18.8. The molecular formula is C21H23NO5. The molecule has 0 atom stereocenters. The number of benzene rings is 2. The molecule has 142 valence electrons. The monoisotopic (exact) mass is 369 g/mol. The minimum Gasteiger partial charge on any atom is -0.483 e. The highest BCUT2D eigenvalue weighted by atomic mass is 16.5. The van der Waals surface area contributed by atoms with Crippen molar-refractivity contribution in [1.29, 1.82) is 0 Å². The van der Waals surface area contributed by atoms with Crippen LogP contribution in [0.3, 0.4) is 0 Å². The molecule has 1 aliphatic rings. The minimum absolute atomic E-state index is 0.0967. The van der Waals surface area contributed by atoms with Crippen molar-refractivity contribution in [2.45, 2.75) is 32.4 Å². The first-order valence-corrected chi connectivity index (χ1v) is 8.75. The smallest absolute Gasteiger partial charge is 0.337 e. The summed E-state index contributed by atoms with van der Waals surface area (Å²) in [6, 6.07) is 12.6. The van der Waals surface area contributed by atoms with E-state index in [9.17, 15) is 9.59 Å². The molecule has 3 rings (SSSR count). The summed E-state index contributed by atoms with van der Waals surface area (Å²) in [5.74, 6) is 0.672. The van der Waals surface area contributed by atoms with E-state index in [0.29, 0.717) is 23.6 Å². The van der Waals surface area contributed by atoms with E-state index in [0.717, 1.165) is 17.5 Å². The van der Waals surface area contributed by atoms with Crippen molar-refractivity contribution in [3.05, 3.63) is 59.2 Å². The van der Waals surface area contributed by atoms with Gasteiger partial charge in [-0.1, -0.05) is 24.3 Å². The van der Waals surface area contributed by atoms with Crippen molar-refractivity contribution in [2.24, 2.45) is 0 Å². The summed E-state index contributed by atoms with van der Waals surface area (Å²) in [6.07, 6.45) is 0.813. The molecule has 0 spiro atoms. The zero-order valence-electron chi connectivity index (χ0n) is 15.7. The molecule has 0 radical (unpaired) electrons. The molecular weight excluding hydrogens is 346 g/mol. The number of methoxy groups -OCH3 is 1. The van der Waals surface area contributed by atoms with Crippen molar-refractivity contribution in [3.8, 4) is 11.5 Å². The Bertz CT molecular complexity index is 842. The van der Waals surface area contributed by atoms with Crippen LogP contribution in [0.2, 0.25) is 0 Å². The van der Waals surface area contributed by atoms with E-state index in [-0.39, 0.29) is 24.1 Å². The lowest BCUT2D eigenvalue weighted by atomic mass is 10.0. The van der Waals surface area contributed by atoms with Crippen molar-refractivity contribution >= 4 is 11.9 Å². The Morgan fingerprint density at radius 2 is 1.89 bits per heavy atom. The maximum Gasteiger partial charge on any atom is 0.337 e. The fraction of sp³-hybridized carbons (Fsp3) is 0.333. The predicted octanol–water partition coefficient (Wildman–Crippen LogP) is 2.88. The third-order valence-corrected chi connectivity index (χ3v) is 4.28. The van der Waals surface area contributed by atoms with E-state index in [1.165, 1.54) is 7.11 Å². The maximum absolute atomic E-state index is 12.1. The number of esters is 1. The summed E-state index contributed by atoms with van der Waals surface area (Å²) in [6.45, 7) is 4.30. The second-order valence-electron chi connectivity index (χ2n) is 7.04. The Balaban J connectivity index is 1.51. The highest BCUT2D eigenvalue weighted by molar-refractivity contribution is 5.89. The normalized spacial score (nSPS) is 14.0. The fourth-order valence-electron chi connectivity index (χ4n) is 2.97. The van der Waals surface area contributed by atoms with Gasteiger partial charge in [0.1, 0.15) is 5.60 Å². The van der Waals surface area contributed by atoms with Gasteiger partial charge in [-0.15, -0.1) is 0 Å². The van der Waals surface area contributed by atoms with Gasteiger partial charge in [-0.3, -0.25) is 4.79 Å². The molecule has 0 aliphatic carbocycles. The number of carbonyl (C=O) groups excluding carboxylic acids is 2. The van der Waals surface area contributed by atoms with Gasteiger partial charge in [0, 0.05) is 18.5 Å². The van der Waals surface area contributed by atoms with Gasteiger partial charge < -0.3 is 19.5 Å². The van der Waals surface area contributed by atoms with E-state index < -0.39 is 0 Å². The quantitative estimate of drug-likeness (QED) is 0.793. The van der Waals surface area contributed by atoms with E-state index >= 15 is 0 Å². The maximum atomic E-state index is 12.1. The Hall–Kier alpha value is -3.02. The molecule has 0 saturated carbocycles. The highest BCUT2D eigenvalue weighted by Gasteiger charge is 2.32. The van der Waals surface area contributed by atoms with Crippen molar-refractivity contribution in [2.75, 3.05) is 13.7 Å². The summed E-state index contributed by atoms with van der Waals surface area (Å²) < 4.78 is 16.2.